The molecule has 3 aromatic carbocycles. The molecular weight excluding hydrogens is 446 g/mol. The van der Waals surface area contributed by atoms with Gasteiger partial charge in [0.05, 0.1) is 24.0 Å². The van der Waals surface area contributed by atoms with Crippen molar-refractivity contribution in [1.82, 2.24) is 9.91 Å². The molecule has 7 heteroatoms. The first kappa shape index (κ1) is 23.2. The molecule has 2 aliphatic rings. The first-order chi connectivity index (χ1) is 17.0. The van der Waals surface area contributed by atoms with E-state index in [0.717, 1.165) is 16.8 Å². The van der Waals surface area contributed by atoms with Gasteiger partial charge in [-0.3, -0.25) is 9.69 Å². The zero-order chi connectivity index (χ0) is 24.4. The summed E-state index contributed by atoms with van der Waals surface area (Å²) in [6.45, 7) is 4.72. The van der Waals surface area contributed by atoms with Crippen molar-refractivity contribution in [2.24, 2.45) is 5.10 Å². The summed E-state index contributed by atoms with van der Waals surface area (Å²) in [5.41, 5.74) is 3.91. The van der Waals surface area contributed by atoms with E-state index in [1.807, 2.05) is 42.2 Å². The van der Waals surface area contributed by atoms with E-state index < -0.39 is 6.04 Å². The Morgan fingerprint density at radius 1 is 0.886 bits per heavy atom. The quantitative estimate of drug-likeness (QED) is 0.535. The lowest BCUT2D eigenvalue weighted by Crippen LogP contribution is -2.49. The molecule has 0 N–H and O–H groups in total. The van der Waals surface area contributed by atoms with Crippen molar-refractivity contribution < 1.29 is 13.6 Å². The van der Waals surface area contributed by atoms with E-state index >= 15 is 0 Å². The number of benzene rings is 3. The predicted octanol–water partition coefficient (Wildman–Crippen LogP) is 4.77. The van der Waals surface area contributed by atoms with Crippen LogP contribution in [-0.2, 0) is 4.79 Å². The molecule has 1 fully saturated rings. The third-order valence-corrected chi connectivity index (χ3v) is 6.74. The van der Waals surface area contributed by atoms with E-state index in [-0.39, 0.29) is 24.1 Å². The van der Waals surface area contributed by atoms with E-state index in [4.69, 9.17) is 0 Å². The fourth-order valence-corrected chi connectivity index (χ4v) is 4.77. The van der Waals surface area contributed by atoms with Crippen LogP contribution in [0.3, 0.4) is 0 Å². The first-order valence-electron chi connectivity index (χ1n) is 11.9. The maximum absolute atomic E-state index is 14.7. The van der Waals surface area contributed by atoms with Gasteiger partial charge in [-0.05, 0) is 30.7 Å². The van der Waals surface area contributed by atoms with Crippen molar-refractivity contribution in [3.8, 4) is 0 Å². The molecule has 0 bridgehead atoms. The maximum Gasteiger partial charge on any atom is 0.257 e. The molecule has 0 spiro atoms. The summed E-state index contributed by atoms with van der Waals surface area (Å²) in [7, 11) is 0. The molecule has 2 aliphatic heterocycles. The van der Waals surface area contributed by atoms with Crippen LogP contribution in [0.15, 0.2) is 77.9 Å². The van der Waals surface area contributed by atoms with Crippen LogP contribution in [0, 0.1) is 18.6 Å². The predicted molar refractivity (Wildman–Crippen MR) is 133 cm³/mol. The van der Waals surface area contributed by atoms with E-state index in [0.29, 0.717) is 43.9 Å². The van der Waals surface area contributed by atoms with Crippen LogP contribution in [0.2, 0.25) is 0 Å². The molecule has 5 nitrogen and oxygen atoms in total. The summed E-state index contributed by atoms with van der Waals surface area (Å²) in [6.07, 6.45) is 0.455. The van der Waals surface area contributed by atoms with Gasteiger partial charge < -0.3 is 4.90 Å². The molecule has 2 heterocycles. The van der Waals surface area contributed by atoms with Gasteiger partial charge >= 0.3 is 0 Å². The third kappa shape index (κ3) is 4.95. The number of hydrogen-bond acceptors (Lipinski definition) is 4. The normalized spacial score (nSPS) is 18.6. The molecule has 0 radical (unpaired) electrons. The highest BCUT2D eigenvalue weighted by Crippen LogP contribution is 2.34. The van der Waals surface area contributed by atoms with Gasteiger partial charge in [0, 0.05) is 38.2 Å². The molecule has 1 saturated heterocycles. The summed E-state index contributed by atoms with van der Waals surface area (Å²) in [6, 6.07) is 20.8. The molecule has 3 aromatic rings. The third-order valence-electron chi connectivity index (χ3n) is 6.74. The van der Waals surface area contributed by atoms with Crippen LogP contribution in [0.25, 0.3) is 0 Å². The topological polar surface area (TPSA) is 39.2 Å². The van der Waals surface area contributed by atoms with Gasteiger partial charge in [-0.25, -0.2) is 13.8 Å². The monoisotopic (exact) mass is 474 g/mol. The molecule has 0 saturated carbocycles. The number of para-hydroxylation sites is 1. The van der Waals surface area contributed by atoms with E-state index in [1.54, 1.807) is 30.3 Å². The maximum atomic E-state index is 14.7. The second kappa shape index (κ2) is 9.96. The van der Waals surface area contributed by atoms with Crippen molar-refractivity contribution in [3.05, 3.63) is 101 Å². The number of nitrogens with zero attached hydrogens (tertiary/aromatic N) is 4. The highest BCUT2D eigenvalue weighted by atomic mass is 19.1. The van der Waals surface area contributed by atoms with Crippen LogP contribution in [0.1, 0.15) is 29.2 Å². The Balaban J connectivity index is 1.32. The Labute approximate surface area is 204 Å². The van der Waals surface area contributed by atoms with Gasteiger partial charge in [-0.2, -0.15) is 5.10 Å². The average molecular weight is 475 g/mol. The van der Waals surface area contributed by atoms with Crippen molar-refractivity contribution in [2.75, 3.05) is 37.6 Å². The second-order valence-corrected chi connectivity index (χ2v) is 9.11. The smallest absolute Gasteiger partial charge is 0.257 e. The number of amides is 1. The highest BCUT2D eigenvalue weighted by Gasteiger charge is 2.35. The second-order valence-electron chi connectivity index (χ2n) is 9.11. The Kier molecular flexibility index (Phi) is 6.59. The fraction of sp³-hybridized carbons (Fsp3) is 0.286. The molecule has 0 aromatic heterocycles. The minimum Gasteiger partial charge on any atom is -0.367 e. The molecule has 5 rings (SSSR count). The average Bonchev–Trinajstić information content (AvgIpc) is 3.31. The van der Waals surface area contributed by atoms with Crippen LogP contribution in [0.5, 0.6) is 0 Å². The van der Waals surface area contributed by atoms with Gasteiger partial charge in [0.2, 0.25) is 0 Å². The zero-order valence-corrected chi connectivity index (χ0v) is 19.7. The molecule has 0 aliphatic carbocycles. The summed E-state index contributed by atoms with van der Waals surface area (Å²) >= 11 is 0. The van der Waals surface area contributed by atoms with Crippen LogP contribution < -0.4 is 4.90 Å². The molecule has 0 unspecified atom stereocenters. The Morgan fingerprint density at radius 2 is 1.54 bits per heavy atom. The summed E-state index contributed by atoms with van der Waals surface area (Å²) in [5, 5.41) is 6.13. The van der Waals surface area contributed by atoms with Crippen molar-refractivity contribution >= 4 is 17.3 Å². The lowest BCUT2D eigenvalue weighted by atomic mass is 9.97. The largest absolute Gasteiger partial charge is 0.367 e. The van der Waals surface area contributed by atoms with Gasteiger partial charge in [-0.15, -0.1) is 0 Å². The minimum atomic E-state index is -0.486. The number of hydrazone groups is 1. The van der Waals surface area contributed by atoms with Crippen molar-refractivity contribution in [3.63, 3.8) is 0 Å². The van der Waals surface area contributed by atoms with E-state index in [1.165, 1.54) is 17.1 Å². The molecule has 1 atom stereocenters. The zero-order valence-electron chi connectivity index (χ0n) is 19.7. The SMILES string of the molecule is Cc1ccc(C2=NN(C(=O)CN3CCN(c4ccccc4F)CC3)[C@H](c3ccccc3F)C2)cc1. The number of carbonyl (C=O) groups excluding carboxylic acids is 1. The van der Waals surface area contributed by atoms with E-state index in [2.05, 4.69) is 10.0 Å². The molecular formula is C28H28F2N4O. The standard InChI is InChI=1S/C28H28F2N4O/c1-20-10-12-21(13-11-20)25-18-27(22-6-2-3-7-23(22)29)34(31-25)28(35)19-32-14-16-33(17-15-32)26-9-5-4-8-24(26)30/h2-13,27H,14-19H2,1H3/t27-/m0/s1. The lowest BCUT2D eigenvalue weighted by molar-refractivity contribution is -0.134. The number of rotatable bonds is 5. The summed E-state index contributed by atoms with van der Waals surface area (Å²) in [5.74, 6) is -0.742. The number of carbonyl (C=O) groups is 1. The molecule has 35 heavy (non-hydrogen) atoms. The Morgan fingerprint density at radius 3 is 2.23 bits per heavy atom. The number of anilines is 1. The number of aryl methyl sites for hydroxylation is 1. The lowest BCUT2D eigenvalue weighted by Gasteiger charge is -2.36. The Hall–Kier alpha value is -3.58. The summed E-state index contributed by atoms with van der Waals surface area (Å²) < 4.78 is 28.9. The van der Waals surface area contributed by atoms with Gasteiger partial charge in [0.1, 0.15) is 11.6 Å². The fourth-order valence-electron chi connectivity index (χ4n) is 4.77. The molecule has 180 valence electrons. The van der Waals surface area contributed by atoms with Crippen molar-refractivity contribution in [2.45, 2.75) is 19.4 Å². The minimum absolute atomic E-state index is 0.167. The van der Waals surface area contributed by atoms with Gasteiger partial charge in [0.15, 0.2) is 0 Å². The van der Waals surface area contributed by atoms with Crippen molar-refractivity contribution in [1.29, 1.82) is 0 Å². The first-order valence-corrected chi connectivity index (χ1v) is 11.9. The van der Waals surface area contributed by atoms with Crippen LogP contribution in [0.4, 0.5) is 14.5 Å². The number of hydrogen-bond donors (Lipinski definition) is 0. The Bertz CT molecular complexity index is 1240. The molecule has 1 amide bonds. The number of halogens is 2. The highest BCUT2D eigenvalue weighted by molar-refractivity contribution is 6.03. The number of piperazine rings is 1. The van der Waals surface area contributed by atoms with Crippen LogP contribution >= 0.6 is 0 Å². The van der Waals surface area contributed by atoms with Gasteiger partial charge in [-0.1, -0.05) is 60.2 Å². The van der Waals surface area contributed by atoms with Gasteiger partial charge in [0.25, 0.3) is 5.91 Å². The summed E-state index contributed by atoms with van der Waals surface area (Å²) in [4.78, 5) is 17.5. The van der Waals surface area contributed by atoms with E-state index in [9.17, 15) is 13.6 Å². The van der Waals surface area contributed by atoms with Crippen LogP contribution in [-0.4, -0.2) is 54.3 Å².